The molecule has 9 nitrogen and oxygen atoms in total. The van der Waals surface area contributed by atoms with Gasteiger partial charge in [0, 0.05) is 33.3 Å². The van der Waals surface area contributed by atoms with E-state index in [0.717, 1.165) is 9.87 Å². The first-order chi connectivity index (χ1) is 14.6. The zero-order chi connectivity index (χ0) is 23.3. The lowest BCUT2D eigenvalue weighted by atomic mass is 10.1. The largest absolute Gasteiger partial charge is 0.495 e. The Morgan fingerprint density at radius 3 is 1.84 bits per heavy atom. The van der Waals surface area contributed by atoms with Gasteiger partial charge in [-0.15, -0.1) is 0 Å². The number of sulfonamides is 1. The highest BCUT2D eigenvalue weighted by Crippen LogP contribution is 2.38. The van der Waals surface area contributed by atoms with Crippen molar-refractivity contribution in [2.24, 2.45) is 0 Å². The molecule has 0 aliphatic heterocycles. The average Bonchev–Trinajstić information content (AvgIpc) is 2.76. The van der Waals surface area contributed by atoms with Gasteiger partial charge in [0.05, 0.1) is 28.4 Å². The maximum Gasteiger partial charge on any atom is 0.253 e. The fraction of sp³-hybridized carbons (Fsp3) is 0.381. The molecular formula is C21H28N2O7S. The molecular weight excluding hydrogens is 424 g/mol. The SMILES string of the molecule is COc1ccc(C(=O)N(C)Cc2cc(OC)c(OC)c(OC)c2)cc1S(=O)(=O)N(C)C. The van der Waals surface area contributed by atoms with E-state index in [1.807, 2.05) is 0 Å². The number of amides is 1. The Morgan fingerprint density at radius 1 is 0.839 bits per heavy atom. The summed E-state index contributed by atoms with van der Waals surface area (Å²) in [7, 11) is 6.58. The summed E-state index contributed by atoms with van der Waals surface area (Å²) >= 11 is 0. The summed E-state index contributed by atoms with van der Waals surface area (Å²) in [6, 6.07) is 7.82. The third kappa shape index (κ3) is 5.02. The summed E-state index contributed by atoms with van der Waals surface area (Å²) in [5.74, 6) is 1.21. The maximum absolute atomic E-state index is 13.0. The van der Waals surface area contributed by atoms with Crippen molar-refractivity contribution in [1.82, 2.24) is 9.21 Å². The van der Waals surface area contributed by atoms with Crippen LogP contribution in [-0.4, -0.2) is 73.1 Å². The van der Waals surface area contributed by atoms with Crippen molar-refractivity contribution in [3.63, 3.8) is 0 Å². The third-order valence-electron chi connectivity index (χ3n) is 4.66. The van der Waals surface area contributed by atoms with Gasteiger partial charge in [0.2, 0.25) is 15.8 Å². The first kappa shape index (κ1) is 24.3. The van der Waals surface area contributed by atoms with Crippen LogP contribution in [-0.2, 0) is 16.6 Å². The number of rotatable bonds is 9. The quantitative estimate of drug-likeness (QED) is 0.576. The summed E-state index contributed by atoms with van der Waals surface area (Å²) in [5.41, 5.74) is 0.969. The van der Waals surface area contributed by atoms with Gasteiger partial charge in [0.15, 0.2) is 11.5 Å². The average molecular weight is 453 g/mol. The molecule has 0 radical (unpaired) electrons. The molecule has 0 saturated heterocycles. The highest BCUT2D eigenvalue weighted by Gasteiger charge is 2.25. The van der Waals surface area contributed by atoms with Crippen molar-refractivity contribution in [1.29, 1.82) is 0 Å². The van der Waals surface area contributed by atoms with Crippen LogP contribution >= 0.6 is 0 Å². The van der Waals surface area contributed by atoms with E-state index in [2.05, 4.69) is 0 Å². The maximum atomic E-state index is 13.0. The second-order valence-corrected chi connectivity index (χ2v) is 8.97. The molecule has 2 rings (SSSR count). The molecule has 0 saturated carbocycles. The Hall–Kier alpha value is -2.98. The minimum absolute atomic E-state index is 0.0768. The minimum atomic E-state index is -3.80. The number of carbonyl (C=O) groups excluding carboxylic acids is 1. The summed E-state index contributed by atoms with van der Waals surface area (Å²) in [5, 5.41) is 0. The zero-order valence-electron chi connectivity index (χ0n) is 18.8. The van der Waals surface area contributed by atoms with E-state index in [4.69, 9.17) is 18.9 Å². The van der Waals surface area contributed by atoms with Crippen LogP contribution in [0.25, 0.3) is 0 Å². The van der Waals surface area contributed by atoms with E-state index < -0.39 is 10.0 Å². The van der Waals surface area contributed by atoms with Crippen LogP contribution in [0.2, 0.25) is 0 Å². The van der Waals surface area contributed by atoms with Crippen molar-refractivity contribution < 1.29 is 32.2 Å². The smallest absolute Gasteiger partial charge is 0.253 e. The fourth-order valence-electron chi connectivity index (χ4n) is 3.00. The molecule has 0 aliphatic carbocycles. The standard InChI is InChI=1S/C21H28N2O7S/c1-22(2)31(25,26)19-12-15(8-9-16(19)27-4)21(24)23(3)13-14-10-17(28-5)20(30-7)18(11-14)29-6/h8-12H,13H2,1-7H3. The van der Waals surface area contributed by atoms with Gasteiger partial charge >= 0.3 is 0 Å². The first-order valence-corrected chi connectivity index (χ1v) is 10.7. The lowest BCUT2D eigenvalue weighted by Crippen LogP contribution is -2.27. The molecule has 170 valence electrons. The van der Waals surface area contributed by atoms with Crippen LogP contribution in [0.4, 0.5) is 0 Å². The summed E-state index contributed by atoms with van der Waals surface area (Å²) in [6.07, 6.45) is 0. The second-order valence-electron chi connectivity index (χ2n) is 6.85. The van der Waals surface area contributed by atoms with Crippen LogP contribution < -0.4 is 18.9 Å². The van der Waals surface area contributed by atoms with Crippen LogP contribution in [0.3, 0.4) is 0 Å². The number of ether oxygens (including phenoxy) is 4. The molecule has 0 heterocycles. The Balaban J connectivity index is 2.38. The Morgan fingerprint density at radius 2 is 1.39 bits per heavy atom. The second kappa shape index (κ2) is 9.88. The van der Waals surface area contributed by atoms with Gasteiger partial charge in [-0.3, -0.25) is 4.79 Å². The number of benzene rings is 2. The molecule has 0 atom stereocenters. The predicted molar refractivity (Wildman–Crippen MR) is 116 cm³/mol. The zero-order valence-corrected chi connectivity index (χ0v) is 19.6. The molecule has 2 aromatic rings. The molecule has 1 amide bonds. The lowest BCUT2D eigenvalue weighted by molar-refractivity contribution is 0.0784. The van der Waals surface area contributed by atoms with Crippen molar-refractivity contribution >= 4 is 15.9 Å². The van der Waals surface area contributed by atoms with Crippen molar-refractivity contribution in [3.05, 3.63) is 41.5 Å². The number of hydrogen-bond donors (Lipinski definition) is 0. The van der Waals surface area contributed by atoms with Crippen LogP contribution in [0.15, 0.2) is 35.2 Å². The van der Waals surface area contributed by atoms with Gasteiger partial charge in [-0.1, -0.05) is 0 Å². The number of hydrogen-bond acceptors (Lipinski definition) is 7. The van der Waals surface area contributed by atoms with E-state index >= 15 is 0 Å². The highest BCUT2D eigenvalue weighted by atomic mass is 32.2. The highest BCUT2D eigenvalue weighted by molar-refractivity contribution is 7.89. The number of carbonyl (C=O) groups is 1. The van der Waals surface area contributed by atoms with Crippen molar-refractivity contribution in [3.8, 4) is 23.0 Å². The number of nitrogens with zero attached hydrogens (tertiary/aromatic N) is 2. The molecule has 0 aromatic heterocycles. The van der Waals surface area contributed by atoms with E-state index in [1.54, 1.807) is 19.2 Å². The van der Waals surface area contributed by atoms with Gasteiger partial charge in [-0.2, -0.15) is 0 Å². The summed E-state index contributed by atoms with van der Waals surface area (Å²) in [6.45, 7) is 0.233. The Kier molecular flexibility index (Phi) is 7.75. The molecule has 0 aliphatic rings. The van der Waals surface area contributed by atoms with Gasteiger partial charge in [-0.05, 0) is 35.9 Å². The topological polar surface area (TPSA) is 94.6 Å². The van der Waals surface area contributed by atoms with Gasteiger partial charge in [-0.25, -0.2) is 12.7 Å². The molecule has 0 spiro atoms. The Bertz CT molecular complexity index is 1030. The van der Waals surface area contributed by atoms with E-state index in [9.17, 15) is 13.2 Å². The van der Waals surface area contributed by atoms with Crippen LogP contribution in [0.5, 0.6) is 23.0 Å². The molecule has 2 aromatic carbocycles. The normalized spacial score (nSPS) is 11.2. The molecule has 0 unspecified atom stereocenters. The minimum Gasteiger partial charge on any atom is -0.495 e. The van der Waals surface area contributed by atoms with Gasteiger partial charge in [0.1, 0.15) is 10.6 Å². The lowest BCUT2D eigenvalue weighted by Gasteiger charge is -2.21. The van der Waals surface area contributed by atoms with E-state index in [-0.39, 0.29) is 28.7 Å². The molecule has 31 heavy (non-hydrogen) atoms. The predicted octanol–water partition coefficient (Wildman–Crippen LogP) is 2.24. The van der Waals surface area contributed by atoms with Crippen molar-refractivity contribution in [2.45, 2.75) is 11.4 Å². The Labute approximate surface area is 183 Å². The molecule has 10 heteroatoms. The fourth-order valence-corrected chi connectivity index (χ4v) is 4.08. The van der Waals surface area contributed by atoms with E-state index in [0.29, 0.717) is 17.2 Å². The van der Waals surface area contributed by atoms with Gasteiger partial charge in [0.25, 0.3) is 5.91 Å². The summed E-state index contributed by atoms with van der Waals surface area (Å²) in [4.78, 5) is 14.4. The molecule has 0 fully saturated rings. The van der Waals surface area contributed by atoms with Crippen LogP contribution in [0.1, 0.15) is 15.9 Å². The first-order valence-electron chi connectivity index (χ1n) is 9.25. The summed E-state index contributed by atoms with van der Waals surface area (Å²) < 4.78 is 47.5. The van der Waals surface area contributed by atoms with Crippen LogP contribution in [0, 0.1) is 0 Å². The molecule has 0 bridgehead atoms. The third-order valence-corrected chi connectivity index (χ3v) is 6.50. The number of methoxy groups -OCH3 is 4. The van der Waals surface area contributed by atoms with Gasteiger partial charge < -0.3 is 23.8 Å². The van der Waals surface area contributed by atoms with E-state index in [1.165, 1.54) is 65.6 Å². The molecule has 0 N–H and O–H groups in total. The monoisotopic (exact) mass is 452 g/mol. The van der Waals surface area contributed by atoms with Crippen molar-refractivity contribution in [2.75, 3.05) is 49.6 Å².